The molecule has 0 radical (unpaired) electrons. The van der Waals surface area contributed by atoms with E-state index in [2.05, 4.69) is 15.5 Å². The highest BCUT2D eigenvalue weighted by molar-refractivity contribution is 8.00. The van der Waals surface area contributed by atoms with Crippen LogP contribution in [0.3, 0.4) is 0 Å². The maximum Gasteiger partial charge on any atom is 0.416 e. The number of hydrogen-bond acceptors (Lipinski definition) is 7. The number of anilines is 1. The Kier molecular flexibility index (Phi) is 6.83. The molecule has 3 aromatic rings. The van der Waals surface area contributed by atoms with Crippen molar-refractivity contribution in [3.63, 3.8) is 0 Å². The summed E-state index contributed by atoms with van der Waals surface area (Å²) in [5.74, 6) is 0.977. The molecule has 0 bridgehead atoms. The minimum Gasteiger partial charge on any atom is -0.497 e. The molecule has 0 fully saturated rings. The number of hydrogen-bond donors (Lipinski definition) is 1. The average Bonchev–Trinajstić information content (AvgIpc) is 3.18. The summed E-state index contributed by atoms with van der Waals surface area (Å²) >= 11 is 2.48. The lowest BCUT2D eigenvalue weighted by molar-refractivity contribution is -0.137. The number of alkyl halides is 3. The van der Waals surface area contributed by atoms with Crippen LogP contribution in [0.5, 0.6) is 11.5 Å². The molecule has 0 aliphatic rings. The number of carbonyl (C=O) groups excluding carboxylic acids is 1. The second-order valence-electron chi connectivity index (χ2n) is 5.91. The molecule has 1 aromatic heterocycles. The van der Waals surface area contributed by atoms with Gasteiger partial charge < -0.3 is 9.47 Å². The van der Waals surface area contributed by atoms with Crippen LogP contribution in [0, 0.1) is 0 Å². The van der Waals surface area contributed by atoms with Gasteiger partial charge in [0.2, 0.25) is 5.13 Å². The number of carbonyl (C=O) groups is 1. The molecule has 1 N–H and O–H groups in total. The molecular formula is C19H16F3N3O3S2. The number of aromatic nitrogens is 2. The van der Waals surface area contributed by atoms with E-state index in [1.807, 2.05) is 0 Å². The fourth-order valence-corrected chi connectivity index (χ4v) is 4.06. The summed E-state index contributed by atoms with van der Waals surface area (Å²) in [7, 11) is 2.97. The molecule has 0 spiro atoms. The molecule has 0 unspecified atom stereocenters. The summed E-state index contributed by atoms with van der Waals surface area (Å²) in [6.07, 6.45) is -4.36. The molecule has 0 aliphatic heterocycles. The molecule has 30 heavy (non-hydrogen) atoms. The molecule has 0 aliphatic carbocycles. The van der Waals surface area contributed by atoms with Crippen molar-refractivity contribution in [2.45, 2.75) is 16.3 Å². The van der Waals surface area contributed by atoms with Crippen molar-refractivity contribution in [2.24, 2.45) is 0 Å². The van der Waals surface area contributed by atoms with Gasteiger partial charge in [-0.2, -0.15) is 13.2 Å². The van der Waals surface area contributed by atoms with Gasteiger partial charge in [-0.25, -0.2) is 0 Å². The van der Waals surface area contributed by atoms with Crippen LogP contribution < -0.4 is 14.8 Å². The summed E-state index contributed by atoms with van der Waals surface area (Å²) in [4.78, 5) is 12.5. The van der Waals surface area contributed by atoms with Gasteiger partial charge in [-0.05, 0) is 29.8 Å². The lowest BCUT2D eigenvalue weighted by atomic mass is 10.1. The Balaban J connectivity index is 1.60. The smallest absolute Gasteiger partial charge is 0.416 e. The third-order valence-electron chi connectivity index (χ3n) is 3.88. The SMILES string of the molecule is COc1cc(OC)cc(C(=O)Nc2nnc(SCc3ccc(C(F)(F)F)cc3)s2)c1. The molecule has 6 nitrogen and oxygen atoms in total. The predicted octanol–water partition coefficient (Wildman–Crippen LogP) is 5.12. The third-order valence-corrected chi connectivity index (χ3v) is 5.93. The van der Waals surface area contributed by atoms with Crippen LogP contribution >= 0.6 is 23.1 Å². The predicted molar refractivity (Wildman–Crippen MR) is 108 cm³/mol. The van der Waals surface area contributed by atoms with Crippen LogP contribution in [0.1, 0.15) is 21.5 Å². The van der Waals surface area contributed by atoms with Crippen LogP contribution in [0.15, 0.2) is 46.8 Å². The van der Waals surface area contributed by atoms with E-state index in [0.717, 1.165) is 17.7 Å². The average molecular weight is 455 g/mol. The molecule has 1 amide bonds. The maximum atomic E-state index is 12.6. The van der Waals surface area contributed by atoms with Crippen molar-refractivity contribution in [1.82, 2.24) is 10.2 Å². The fourth-order valence-electron chi connectivity index (χ4n) is 2.36. The van der Waals surface area contributed by atoms with E-state index in [0.29, 0.717) is 32.3 Å². The molecule has 3 rings (SSSR count). The summed E-state index contributed by atoms with van der Waals surface area (Å²) in [5, 5.41) is 10.9. The zero-order valence-corrected chi connectivity index (χ0v) is 17.5. The van der Waals surface area contributed by atoms with Crippen molar-refractivity contribution in [1.29, 1.82) is 0 Å². The largest absolute Gasteiger partial charge is 0.497 e. The zero-order chi connectivity index (χ0) is 21.7. The summed E-state index contributed by atoms with van der Waals surface area (Å²) in [6, 6.07) is 9.73. The van der Waals surface area contributed by atoms with Crippen LogP contribution in [0.25, 0.3) is 0 Å². The lowest BCUT2D eigenvalue weighted by Crippen LogP contribution is -2.12. The van der Waals surface area contributed by atoms with Crippen molar-refractivity contribution in [3.05, 3.63) is 59.2 Å². The van der Waals surface area contributed by atoms with Gasteiger partial charge in [0.25, 0.3) is 5.91 Å². The maximum absolute atomic E-state index is 12.6. The molecular weight excluding hydrogens is 439 g/mol. The molecule has 0 atom stereocenters. The highest BCUT2D eigenvalue weighted by Gasteiger charge is 2.29. The first-order valence-electron chi connectivity index (χ1n) is 8.45. The molecule has 158 valence electrons. The van der Waals surface area contributed by atoms with E-state index in [1.165, 1.54) is 49.5 Å². The Morgan fingerprint density at radius 2 is 1.70 bits per heavy atom. The van der Waals surface area contributed by atoms with Gasteiger partial charge in [0, 0.05) is 17.4 Å². The van der Waals surface area contributed by atoms with Crippen molar-refractivity contribution < 1.29 is 27.4 Å². The van der Waals surface area contributed by atoms with Gasteiger partial charge in [0.1, 0.15) is 11.5 Å². The van der Waals surface area contributed by atoms with Gasteiger partial charge in [-0.1, -0.05) is 35.2 Å². The Labute approximate surface area is 178 Å². The normalized spacial score (nSPS) is 11.2. The molecule has 0 saturated carbocycles. The minimum atomic E-state index is -4.36. The first kappa shape index (κ1) is 21.9. The molecule has 2 aromatic carbocycles. The zero-order valence-electron chi connectivity index (χ0n) is 15.8. The van der Waals surface area contributed by atoms with Gasteiger partial charge in [0.05, 0.1) is 19.8 Å². The first-order chi connectivity index (χ1) is 14.3. The number of rotatable bonds is 7. The highest BCUT2D eigenvalue weighted by atomic mass is 32.2. The number of nitrogens with zero attached hydrogens (tertiary/aromatic N) is 2. The van der Waals surface area contributed by atoms with Crippen LogP contribution in [-0.4, -0.2) is 30.3 Å². The van der Waals surface area contributed by atoms with Gasteiger partial charge in [-0.15, -0.1) is 10.2 Å². The second-order valence-corrected chi connectivity index (χ2v) is 8.11. The number of halogens is 3. The Morgan fingerprint density at radius 1 is 1.07 bits per heavy atom. The van der Waals surface area contributed by atoms with Crippen molar-refractivity contribution >= 4 is 34.1 Å². The topological polar surface area (TPSA) is 73.3 Å². The second kappa shape index (κ2) is 9.35. The van der Waals surface area contributed by atoms with E-state index in [-0.39, 0.29) is 0 Å². The molecule has 11 heteroatoms. The number of methoxy groups -OCH3 is 2. The van der Waals surface area contributed by atoms with Gasteiger partial charge >= 0.3 is 6.18 Å². The van der Waals surface area contributed by atoms with Crippen molar-refractivity contribution in [2.75, 3.05) is 19.5 Å². The van der Waals surface area contributed by atoms with Crippen LogP contribution in [0.2, 0.25) is 0 Å². The number of benzene rings is 2. The number of ether oxygens (including phenoxy) is 2. The lowest BCUT2D eigenvalue weighted by Gasteiger charge is -2.07. The minimum absolute atomic E-state index is 0.303. The summed E-state index contributed by atoms with van der Waals surface area (Å²) in [6.45, 7) is 0. The number of nitrogens with one attached hydrogen (secondary N) is 1. The monoisotopic (exact) mass is 455 g/mol. The Hall–Kier alpha value is -2.79. The summed E-state index contributed by atoms with van der Waals surface area (Å²) < 4.78 is 48.7. The van der Waals surface area contributed by atoms with Crippen molar-refractivity contribution in [3.8, 4) is 11.5 Å². The van der Waals surface area contributed by atoms with Gasteiger partial charge in [-0.3, -0.25) is 10.1 Å². The first-order valence-corrected chi connectivity index (χ1v) is 10.3. The highest BCUT2D eigenvalue weighted by Crippen LogP contribution is 2.32. The van der Waals surface area contributed by atoms with Crippen LogP contribution in [0.4, 0.5) is 18.3 Å². The van der Waals surface area contributed by atoms with Gasteiger partial charge in [0.15, 0.2) is 4.34 Å². The molecule has 0 saturated heterocycles. The number of amides is 1. The quantitative estimate of drug-likeness (QED) is 0.394. The van der Waals surface area contributed by atoms with E-state index < -0.39 is 17.6 Å². The number of thioether (sulfide) groups is 1. The van der Waals surface area contributed by atoms with E-state index in [4.69, 9.17) is 9.47 Å². The van der Waals surface area contributed by atoms with E-state index in [1.54, 1.807) is 18.2 Å². The fraction of sp³-hybridized carbons (Fsp3) is 0.211. The third kappa shape index (κ3) is 5.63. The van der Waals surface area contributed by atoms with E-state index in [9.17, 15) is 18.0 Å². The Bertz CT molecular complexity index is 1000. The Morgan fingerprint density at radius 3 is 2.27 bits per heavy atom. The van der Waals surface area contributed by atoms with E-state index >= 15 is 0 Å². The van der Waals surface area contributed by atoms with Crippen LogP contribution in [-0.2, 0) is 11.9 Å². The standard InChI is InChI=1S/C19H16F3N3O3S2/c1-27-14-7-12(8-15(9-14)28-2)16(26)23-17-24-25-18(30-17)29-10-11-3-5-13(6-4-11)19(20,21)22/h3-9H,10H2,1-2H3,(H,23,24,26). The summed E-state index contributed by atoms with van der Waals surface area (Å²) in [5.41, 5.74) is 0.365. The molecule has 1 heterocycles.